The van der Waals surface area contributed by atoms with Gasteiger partial charge in [-0.3, -0.25) is 4.57 Å². The van der Waals surface area contributed by atoms with E-state index in [4.69, 9.17) is 15.2 Å². The number of nitrogens with two attached hydrogens (primary N) is 1. The smallest absolute Gasteiger partial charge is 0.247 e. The summed E-state index contributed by atoms with van der Waals surface area (Å²) in [5.74, 6) is 0.529. The summed E-state index contributed by atoms with van der Waals surface area (Å²) >= 11 is 0. The van der Waals surface area contributed by atoms with Gasteiger partial charge < -0.3 is 20.3 Å². The van der Waals surface area contributed by atoms with Gasteiger partial charge in [0.25, 0.3) is 0 Å². The van der Waals surface area contributed by atoms with Crippen molar-refractivity contribution < 1.29 is 14.6 Å². The number of rotatable bonds is 5. The van der Waals surface area contributed by atoms with E-state index in [-0.39, 0.29) is 30.8 Å². The Morgan fingerprint density at radius 1 is 1.59 bits per heavy atom. The average Bonchev–Trinajstić information content (AvgIpc) is 3.10. The molecule has 3 N–H and O–H groups in total. The number of anilines is 1. The van der Waals surface area contributed by atoms with Gasteiger partial charge in [0.1, 0.15) is 6.23 Å². The van der Waals surface area contributed by atoms with E-state index >= 15 is 0 Å². The highest BCUT2D eigenvalue weighted by Crippen LogP contribution is 2.37. The molecule has 0 bridgehead atoms. The molecular formula is C14H19N5O3. The van der Waals surface area contributed by atoms with Crippen molar-refractivity contribution in [2.75, 3.05) is 18.9 Å². The number of ether oxygens (including phenoxy) is 2. The highest BCUT2D eigenvalue weighted by molar-refractivity contribution is 5.77. The van der Waals surface area contributed by atoms with E-state index in [1.54, 1.807) is 10.9 Å². The SMILES string of the molecule is C=C[C@H]1C[C@@H](CO)O[C@H]1n1cnc2c(OCC)nc(N)nc21. The van der Waals surface area contributed by atoms with E-state index in [0.29, 0.717) is 30.1 Å². The summed E-state index contributed by atoms with van der Waals surface area (Å²) < 4.78 is 13.1. The summed E-state index contributed by atoms with van der Waals surface area (Å²) in [7, 11) is 0. The molecule has 0 aromatic carbocycles. The molecule has 0 unspecified atom stereocenters. The van der Waals surface area contributed by atoms with Crippen molar-refractivity contribution in [1.82, 2.24) is 19.5 Å². The lowest BCUT2D eigenvalue weighted by molar-refractivity contribution is -0.0269. The normalized spacial score (nSPS) is 24.7. The molecule has 3 heterocycles. The Hall–Kier alpha value is -2.19. The van der Waals surface area contributed by atoms with Crippen molar-refractivity contribution in [1.29, 1.82) is 0 Å². The zero-order chi connectivity index (χ0) is 15.7. The number of hydrogen-bond acceptors (Lipinski definition) is 7. The minimum atomic E-state index is -0.330. The lowest BCUT2D eigenvalue weighted by Gasteiger charge is -2.17. The van der Waals surface area contributed by atoms with Crippen molar-refractivity contribution >= 4 is 17.1 Å². The predicted octanol–water partition coefficient (Wildman–Crippen LogP) is 0.889. The van der Waals surface area contributed by atoms with Crippen LogP contribution in [-0.2, 0) is 4.74 Å². The minimum Gasteiger partial charge on any atom is -0.476 e. The Bertz CT molecular complexity index is 686. The molecule has 8 heteroatoms. The molecule has 8 nitrogen and oxygen atoms in total. The van der Waals surface area contributed by atoms with Gasteiger partial charge >= 0.3 is 0 Å². The molecule has 118 valence electrons. The van der Waals surface area contributed by atoms with Crippen molar-refractivity contribution in [2.24, 2.45) is 5.92 Å². The van der Waals surface area contributed by atoms with Crippen molar-refractivity contribution in [3.8, 4) is 5.88 Å². The molecule has 0 amide bonds. The van der Waals surface area contributed by atoms with Gasteiger partial charge in [-0.2, -0.15) is 9.97 Å². The van der Waals surface area contributed by atoms with Crippen molar-refractivity contribution in [2.45, 2.75) is 25.7 Å². The molecule has 3 rings (SSSR count). The molecular weight excluding hydrogens is 286 g/mol. The second-order valence-electron chi connectivity index (χ2n) is 5.11. The third-order valence-electron chi connectivity index (χ3n) is 3.70. The first-order chi connectivity index (χ1) is 10.7. The van der Waals surface area contributed by atoms with Crippen LogP contribution >= 0.6 is 0 Å². The first kappa shape index (κ1) is 14.7. The van der Waals surface area contributed by atoms with Gasteiger partial charge in [0, 0.05) is 5.92 Å². The molecule has 22 heavy (non-hydrogen) atoms. The van der Waals surface area contributed by atoms with Crippen LogP contribution in [0.5, 0.6) is 5.88 Å². The van der Waals surface area contributed by atoms with E-state index in [2.05, 4.69) is 21.5 Å². The Balaban J connectivity index is 2.06. The van der Waals surface area contributed by atoms with E-state index in [9.17, 15) is 5.11 Å². The zero-order valence-corrected chi connectivity index (χ0v) is 12.3. The largest absolute Gasteiger partial charge is 0.476 e. The first-order valence-corrected chi connectivity index (χ1v) is 7.19. The maximum atomic E-state index is 9.32. The highest BCUT2D eigenvalue weighted by Gasteiger charge is 2.35. The molecule has 2 aromatic heterocycles. The summed E-state index contributed by atoms with van der Waals surface area (Å²) in [4.78, 5) is 12.6. The summed E-state index contributed by atoms with van der Waals surface area (Å²) in [5, 5.41) is 9.32. The highest BCUT2D eigenvalue weighted by atomic mass is 16.5. The maximum Gasteiger partial charge on any atom is 0.247 e. The monoisotopic (exact) mass is 305 g/mol. The number of aliphatic hydroxyl groups excluding tert-OH is 1. The van der Waals surface area contributed by atoms with Crippen LogP contribution < -0.4 is 10.5 Å². The number of nitrogens with zero attached hydrogens (tertiary/aromatic N) is 4. The molecule has 1 fully saturated rings. The quantitative estimate of drug-likeness (QED) is 0.790. The van der Waals surface area contributed by atoms with Crippen LogP contribution in [-0.4, -0.2) is 43.9 Å². The van der Waals surface area contributed by atoms with Gasteiger partial charge in [-0.05, 0) is 13.3 Å². The van der Waals surface area contributed by atoms with Gasteiger partial charge in [0.2, 0.25) is 11.8 Å². The van der Waals surface area contributed by atoms with Gasteiger partial charge in [0.05, 0.1) is 25.6 Å². The Labute approximate surface area is 127 Å². The second kappa shape index (κ2) is 5.90. The molecule has 1 aliphatic heterocycles. The third-order valence-corrected chi connectivity index (χ3v) is 3.70. The van der Waals surface area contributed by atoms with E-state index in [1.165, 1.54) is 0 Å². The fourth-order valence-electron chi connectivity index (χ4n) is 2.71. The molecule has 1 aliphatic rings. The molecule has 1 saturated heterocycles. The second-order valence-corrected chi connectivity index (χ2v) is 5.11. The number of fused-ring (bicyclic) bond motifs is 1. The number of aromatic nitrogens is 4. The lowest BCUT2D eigenvalue weighted by Crippen LogP contribution is -2.16. The van der Waals surface area contributed by atoms with E-state index < -0.39 is 0 Å². The predicted molar refractivity (Wildman–Crippen MR) is 80.2 cm³/mol. The van der Waals surface area contributed by atoms with Crippen molar-refractivity contribution in [3.05, 3.63) is 19.0 Å². The number of imidazole rings is 1. The molecule has 0 radical (unpaired) electrons. The standard InChI is InChI=1S/C14H19N5O3/c1-3-8-5-9(6-20)22-13(8)19-7-16-10-11(19)17-14(15)18-12(10)21-4-2/h3,7-9,13,20H,1,4-6H2,2H3,(H2,15,17,18)/t8-,9-,13+/m0/s1. The third kappa shape index (κ3) is 2.40. The summed E-state index contributed by atoms with van der Waals surface area (Å²) in [6.07, 6.45) is 3.59. The Morgan fingerprint density at radius 3 is 3.09 bits per heavy atom. The fourth-order valence-corrected chi connectivity index (χ4v) is 2.71. The molecule has 0 aliphatic carbocycles. The van der Waals surface area contributed by atoms with E-state index in [0.717, 1.165) is 0 Å². The molecule has 3 atom stereocenters. The van der Waals surface area contributed by atoms with Crippen LogP contribution in [0.4, 0.5) is 5.95 Å². The van der Waals surface area contributed by atoms with Crippen LogP contribution in [0, 0.1) is 5.92 Å². The van der Waals surface area contributed by atoms with Gasteiger partial charge in [0.15, 0.2) is 11.2 Å². The summed E-state index contributed by atoms with van der Waals surface area (Å²) in [6.45, 7) is 6.13. The Kier molecular flexibility index (Phi) is 3.95. The van der Waals surface area contributed by atoms with Gasteiger partial charge in [-0.15, -0.1) is 6.58 Å². The maximum absolute atomic E-state index is 9.32. The first-order valence-electron chi connectivity index (χ1n) is 7.19. The minimum absolute atomic E-state index is 0.0329. The van der Waals surface area contributed by atoms with Gasteiger partial charge in [-0.1, -0.05) is 6.08 Å². The summed E-state index contributed by atoms with van der Waals surface area (Å²) in [5.41, 5.74) is 6.84. The fraction of sp³-hybridized carbons (Fsp3) is 0.500. The number of hydrogen-bond donors (Lipinski definition) is 2. The van der Waals surface area contributed by atoms with E-state index in [1.807, 2.05) is 13.0 Å². The van der Waals surface area contributed by atoms with Gasteiger partial charge in [-0.25, -0.2) is 4.98 Å². The van der Waals surface area contributed by atoms with Crippen LogP contribution in [0.25, 0.3) is 11.2 Å². The average molecular weight is 305 g/mol. The lowest BCUT2D eigenvalue weighted by atomic mass is 10.0. The molecule has 0 saturated carbocycles. The zero-order valence-electron chi connectivity index (χ0n) is 12.3. The Morgan fingerprint density at radius 2 is 2.41 bits per heavy atom. The van der Waals surface area contributed by atoms with Crippen molar-refractivity contribution in [3.63, 3.8) is 0 Å². The van der Waals surface area contributed by atoms with Crippen LogP contribution in [0.15, 0.2) is 19.0 Å². The number of aliphatic hydroxyl groups is 1. The molecule has 2 aromatic rings. The molecule has 0 spiro atoms. The number of nitrogen functional groups attached to an aromatic ring is 1. The van der Waals surface area contributed by atoms with Crippen LogP contribution in [0.2, 0.25) is 0 Å². The topological polar surface area (TPSA) is 108 Å². The summed E-state index contributed by atoms with van der Waals surface area (Å²) in [6, 6.07) is 0. The van der Waals surface area contributed by atoms with Crippen LogP contribution in [0.1, 0.15) is 19.6 Å². The van der Waals surface area contributed by atoms with Crippen LogP contribution in [0.3, 0.4) is 0 Å².